The number of rotatable bonds is 15. The molecule has 0 unspecified atom stereocenters. The van der Waals surface area contributed by atoms with Crippen LogP contribution in [0, 0.1) is 20.8 Å². The third kappa shape index (κ3) is 10.9. The molecule has 0 aromatic heterocycles. The Labute approximate surface area is 267 Å². The molecule has 1 fully saturated rings. The minimum Gasteiger partial charge on any atom is -0.459 e. The van der Waals surface area contributed by atoms with Crippen molar-refractivity contribution in [3.8, 4) is 0 Å². The monoisotopic (exact) mass is 624 g/mol. The van der Waals surface area contributed by atoms with Gasteiger partial charge in [-0.2, -0.15) is 0 Å². The Morgan fingerprint density at radius 2 is 1.73 bits per heavy atom. The molecule has 0 spiro atoms. The van der Waals surface area contributed by atoms with E-state index < -0.39 is 8.32 Å². The number of amides is 1. The van der Waals surface area contributed by atoms with Gasteiger partial charge in [-0.3, -0.25) is 4.79 Å². The molecule has 1 aliphatic rings. The SMILES string of the molecule is C=CC[C@@H](C)OC(=O)c1c(C)cc(C)c(C)c1CC(/C=C/C[C@H](C=C)O[Si](C)(C)C(C)(C)C)=NOCC(=O)N1CCCCC1. The fourth-order valence-electron chi connectivity index (χ4n) is 4.99. The second-order valence-corrected chi connectivity index (χ2v) is 18.3. The number of ether oxygens (including phenoxy) is 1. The van der Waals surface area contributed by atoms with Gasteiger partial charge in [-0.15, -0.1) is 13.2 Å². The molecule has 0 aliphatic carbocycles. The number of benzene rings is 1. The number of oxime groups is 1. The molecule has 0 N–H and O–H groups in total. The first kappa shape index (κ1) is 37.2. The summed E-state index contributed by atoms with van der Waals surface area (Å²) in [7, 11) is -2.00. The molecule has 1 aliphatic heterocycles. The number of hydrogen-bond acceptors (Lipinski definition) is 6. The normalized spacial score (nSPS) is 16.0. The molecule has 0 saturated carbocycles. The average Bonchev–Trinajstić information content (AvgIpc) is 2.94. The molecule has 8 heteroatoms. The summed E-state index contributed by atoms with van der Waals surface area (Å²) in [6.45, 7) is 28.1. The Morgan fingerprint density at radius 1 is 1.07 bits per heavy atom. The lowest BCUT2D eigenvalue weighted by Crippen LogP contribution is -2.43. The van der Waals surface area contributed by atoms with Gasteiger partial charge in [-0.25, -0.2) is 4.79 Å². The number of piperidine rings is 1. The lowest BCUT2D eigenvalue weighted by atomic mass is 9.90. The van der Waals surface area contributed by atoms with Gasteiger partial charge in [-0.05, 0) is 99.8 Å². The van der Waals surface area contributed by atoms with Crippen LogP contribution in [-0.4, -0.2) is 62.7 Å². The van der Waals surface area contributed by atoms with E-state index in [1.54, 1.807) is 6.08 Å². The van der Waals surface area contributed by atoms with Crippen molar-refractivity contribution < 1.29 is 23.6 Å². The molecule has 1 saturated heterocycles. The van der Waals surface area contributed by atoms with E-state index in [0.29, 0.717) is 30.5 Å². The van der Waals surface area contributed by atoms with Gasteiger partial charge in [0.05, 0.1) is 17.4 Å². The van der Waals surface area contributed by atoms with E-state index in [1.807, 2.05) is 56.9 Å². The summed E-state index contributed by atoms with van der Waals surface area (Å²) >= 11 is 0. The second kappa shape index (κ2) is 16.9. The molecule has 1 amide bonds. The van der Waals surface area contributed by atoms with Crippen LogP contribution < -0.4 is 0 Å². The number of esters is 1. The van der Waals surface area contributed by atoms with Crippen molar-refractivity contribution in [1.29, 1.82) is 0 Å². The highest BCUT2D eigenvalue weighted by Gasteiger charge is 2.38. The largest absolute Gasteiger partial charge is 0.459 e. The number of carbonyl (C=O) groups excluding carboxylic acids is 2. The van der Waals surface area contributed by atoms with Crippen molar-refractivity contribution in [3.63, 3.8) is 0 Å². The molecule has 1 aromatic carbocycles. The number of likely N-dealkylation sites (tertiary alicyclic amines) is 1. The molecule has 1 heterocycles. The summed E-state index contributed by atoms with van der Waals surface area (Å²) in [6.07, 6.45) is 11.8. The van der Waals surface area contributed by atoms with Gasteiger partial charge in [0.25, 0.3) is 5.91 Å². The number of allylic oxidation sites excluding steroid dienone is 1. The minimum atomic E-state index is -2.00. The molecule has 2 atom stereocenters. The van der Waals surface area contributed by atoms with Crippen molar-refractivity contribution in [2.75, 3.05) is 19.7 Å². The fraction of sp³-hybridized carbons (Fsp3) is 0.583. The molecule has 7 nitrogen and oxygen atoms in total. The topological polar surface area (TPSA) is 77.4 Å². The van der Waals surface area contributed by atoms with Crippen molar-refractivity contribution in [2.45, 2.75) is 117 Å². The Balaban J connectivity index is 2.39. The summed E-state index contributed by atoms with van der Waals surface area (Å²) in [5, 5.41) is 4.52. The highest BCUT2D eigenvalue weighted by atomic mass is 28.4. The van der Waals surface area contributed by atoms with Gasteiger partial charge in [0.1, 0.15) is 6.10 Å². The second-order valence-electron chi connectivity index (χ2n) is 13.5. The van der Waals surface area contributed by atoms with Gasteiger partial charge in [-0.1, -0.05) is 50.2 Å². The molecule has 2 rings (SSSR count). The maximum absolute atomic E-state index is 13.4. The molecular weight excluding hydrogens is 568 g/mol. The summed E-state index contributed by atoms with van der Waals surface area (Å²) in [5.41, 5.74) is 4.90. The quantitative estimate of drug-likeness (QED) is 0.0647. The summed E-state index contributed by atoms with van der Waals surface area (Å²) < 4.78 is 12.4. The number of nitrogens with zero attached hydrogens (tertiary/aromatic N) is 2. The lowest BCUT2D eigenvalue weighted by molar-refractivity contribution is -0.137. The van der Waals surface area contributed by atoms with Crippen LogP contribution in [0.3, 0.4) is 0 Å². The minimum absolute atomic E-state index is 0.0608. The zero-order chi connectivity index (χ0) is 33.1. The average molecular weight is 625 g/mol. The van der Waals surface area contributed by atoms with E-state index >= 15 is 0 Å². The van der Waals surface area contributed by atoms with Crippen LogP contribution in [0.1, 0.15) is 92.4 Å². The van der Waals surface area contributed by atoms with Gasteiger partial charge < -0.3 is 18.9 Å². The Hall–Kier alpha value is -2.97. The molecular formula is C36H56N2O5Si. The standard InChI is InChI=1S/C36H56N2O5Si/c1-12-18-28(5)42-35(40)34-27(4)23-26(3)29(6)32(34)24-30(37-41-25-33(39)38-21-15-14-16-22-38)19-17-20-31(13-2)43-44(10,11)36(7,8)9/h12-13,17,19,23,28,31H,1-2,14-16,18,20-22,24-25H2,3-11H3/b19-17+,37-30?/t28-,31+/m1/s1. The van der Waals surface area contributed by atoms with Gasteiger partial charge in [0.2, 0.25) is 0 Å². The third-order valence-electron chi connectivity index (χ3n) is 8.81. The Morgan fingerprint density at radius 3 is 2.32 bits per heavy atom. The van der Waals surface area contributed by atoms with Crippen LogP contribution >= 0.6 is 0 Å². The van der Waals surface area contributed by atoms with E-state index in [9.17, 15) is 9.59 Å². The zero-order valence-electron chi connectivity index (χ0n) is 28.8. The highest BCUT2D eigenvalue weighted by molar-refractivity contribution is 6.74. The Kier molecular flexibility index (Phi) is 14.3. The van der Waals surface area contributed by atoms with E-state index in [0.717, 1.165) is 54.6 Å². The molecule has 1 aromatic rings. The van der Waals surface area contributed by atoms with Crippen LogP contribution in [0.15, 0.2) is 48.7 Å². The number of carbonyl (C=O) groups is 2. The van der Waals surface area contributed by atoms with Crippen molar-refractivity contribution in [3.05, 3.63) is 71.3 Å². The maximum Gasteiger partial charge on any atom is 0.338 e. The number of aryl methyl sites for hydroxylation is 2. The highest BCUT2D eigenvalue weighted by Crippen LogP contribution is 2.37. The predicted molar refractivity (Wildman–Crippen MR) is 184 cm³/mol. The van der Waals surface area contributed by atoms with Gasteiger partial charge >= 0.3 is 5.97 Å². The molecule has 0 bridgehead atoms. The van der Waals surface area contributed by atoms with E-state index in [-0.39, 0.29) is 35.7 Å². The smallest absolute Gasteiger partial charge is 0.338 e. The van der Waals surface area contributed by atoms with Crippen molar-refractivity contribution >= 4 is 25.9 Å². The zero-order valence-corrected chi connectivity index (χ0v) is 29.8. The van der Waals surface area contributed by atoms with Crippen LogP contribution in [0.5, 0.6) is 0 Å². The number of hydrogen-bond donors (Lipinski definition) is 0. The first-order valence-corrected chi connectivity index (χ1v) is 18.9. The van der Waals surface area contributed by atoms with E-state index in [1.165, 1.54) is 0 Å². The summed E-state index contributed by atoms with van der Waals surface area (Å²) in [4.78, 5) is 33.7. The van der Waals surface area contributed by atoms with E-state index in [2.05, 4.69) is 52.2 Å². The van der Waals surface area contributed by atoms with Gasteiger partial charge in [0, 0.05) is 25.9 Å². The molecule has 244 valence electrons. The Bertz CT molecular complexity index is 1220. The maximum atomic E-state index is 13.4. The van der Waals surface area contributed by atoms with Crippen molar-refractivity contribution in [1.82, 2.24) is 4.90 Å². The first-order valence-electron chi connectivity index (χ1n) is 16.0. The summed E-state index contributed by atoms with van der Waals surface area (Å²) in [5.74, 6) is -0.428. The predicted octanol–water partition coefficient (Wildman–Crippen LogP) is 8.18. The molecule has 0 radical (unpaired) electrons. The first-order chi connectivity index (χ1) is 20.6. The summed E-state index contributed by atoms with van der Waals surface area (Å²) in [6, 6.07) is 2.01. The van der Waals surface area contributed by atoms with Crippen LogP contribution in [0.25, 0.3) is 0 Å². The van der Waals surface area contributed by atoms with Gasteiger partial charge in [0.15, 0.2) is 14.9 Å². The van der Waals surface area contributed by atoms with Crippen LogP contribution in [0.4, 0.5) is 0 Å². The van der Waals surface area contributed by atoms with Crippen LogP contribution in [-0.2, 0) is 25.2 Å². The van der Waals surface area contributed by atoms with Crippen LogP contribution in [0.2, 0.25) is 18.1 Å². The molecule has 44 heavy (non-hydrogen) atoms. The van der Waals surface area contributed by atoms with E-state index in [4.69, 9.17) is 14.0 Å². The third-order valence-corrected chi connectivity index (χ3v) is 13.3. The lowest BCUT2D eigenvalue weighted by Gasteiger charge is -2.38. The van der Waals surface area contributed by atoms with Crippen molar-refractivity contribution in [2.24, 2.45) is 5.16 Å². The fourth-order valence-corrected chi connectivity index (χ4v) is 6.29.